The van der Waals surface area contributed by atoms with Gasteiger partial charge in [-0.25, -0.2) is 8.42 Å². The van der Waals surface area contributed by atoms with E-state index in [1.165, 1.54) is 23.5 Å². The van der Waals surface area contributed by atoms with Gasteiger partial charge < -0.3 is 10.5 Å². The summed E-state index contributed by atoms with van der Waals surface area (Å²) in [6.07, 6.45) is 0. The fraction of sp³-hybridized carbons (Fsp3) is 0.273. The first-order valence-corrected chi connectivity index (χ1v) is 8.07. The molecule has 1 aromatic heterocycles. The molecule has 7 nitrogen and oxygen atoms in total. The van der Waals surface area contributed by atoms with Crippen molar-refractivity contribution < 1.29 is 13.2 Å². The Morgan fingerprint density at radius 3 is 2.55 bits per heavy atom. The van der Waals surface area contributed by atoms with Gasteiger partial charge in [0.15, 0.2) is 0 Å². The lowest BCUT2D eigenvalue weighted by atomic mass is 10.3. The van der Waals surface area contributed by atoms with E-state index in [0.29, 0.717) is 23.9 Å². The number of nitrogens with two attached hydrogens (primary N) is 1. The molecule has 0 bridgehead atoms. The lowest BCUT2D eigenvalue weighted by molar-refractivity contribution is 0.328. The largest absolute Gasteiger partial charge is 0.492 e. The highest BCUT2D eigenvalue weighted by Gasteiger charge is 2.16. The Hall–Kier alpha value is -1.71. The van der Waals surface area contributed by atoms with Gasteiger partial charge in [-0.15, -0.1) is 10.2 Å². The lowest BCUT2D eigenvalue weighted by Crippen LogP contribution is -2.13. The van der Waals surface area contributed by atoms with Gasteiger partial charge in [-0.3, -0.25) is 4.72 Å². The number of aromatic nitrogens is 2. The highest BCUT2D eigenvalue weighted by Crippen LogP contribution is 2.21. The molecule has 0 spiro atoms. The Balaban J connectivity index is 2.13. The molecule has 2 rings (SSSR count). The number of nitrogens with one attached hydrogen (secondary N) is 1. The molecule has 0 radical (unpaired) electrons. The summed E-state index contributed by atoms with van der Waals surface area (Å²) >= 11 is 1.17. The van der Waals surface area contributed by atoms with Crippen molar-refractivity contribution in [2.75, 3.05) is 17.9 Å². The average Bonchev–Trinajstić information content (AvgIpc) is 2.81. The van der Waals surface area contributed by atoms with Crippen LogP contribution in [0.4, 0.5) is 5.13 Å². The lowest BCUT2D eigenvalue weighted by Gasteiger charge is -2.07. The molecule has 3 N–H and O–H groups in total. The maximum Gasteiger partial charge on any atom is 0.263 e. The van der Waals surface area contributed by atoms with Gasteiger partial charge in [-0.1, -0.05) is 11.3 Å². The third-order valence-corrected chi connectivity index (χ3v) is 4.51. The molecule has 0 fully saturated rings. The zero-order chi connectivity index (χ0) is 14.6. The van der Waals surface area contributed by atoms with Gasteiger partial charge in [0, 0.05) is 6.54 Å². The third-order valence-electron chi connectivity index (χ3n) is 2.27. The van der Waals surface area contributed by atoms with Crippen molar-refractivity contribution in [3.05, 3.63) is 29.3 Å². The van der Waals surface area contributed by atoms with Gasteiger partial charge in [0.25, 0.3) is 10.0 Å². The first kappa shape index (κ1) is 14.7. The molecule has 0 aliphatic heterocycles. The molecule has 0 aliphatic carbocycles. The zero-order valence-corrected chi connectivity index (χ0v) is 12.4. The summed E-state index contributed by atoms with van der Waals surface area (Å²) in [7, 11) is -3.66. The van der Waals surface area contributed by atoms with E-state index in [0.717, 1.165) is 0 Å². The minimum Gasteiger partial charge on any atom is -0.492 e. The Morgan fingerprint density at radius 1 is 1.30 bits per heavy atom. The third kappa shape index (κ3) is 3.65. The smallest absolute Gasteiger partial charge is 0.263 e. The second-order valence-corrected chi connectivity index (χ2v) is 6.70. The normalized spacial score (nSPS) is 11.3. The quantitative estimate of drug-likeness (QED) is 0.823. The number of rotatable bonds is 6. The number of aryl methyl sites for hydroxylation is 1. The average molecular weight is 314 g/mol. The minimum absolute atomic E-state index is 0.130. The van der Waals surface area contributed by atoms with Gasteiger partial charge in [0.1, 0.15) is 17.4 Å². The highest BCUT2D eigenvalue weighted by atomic mass is 32.2. The van der Waals surface area contributed by atoms with Crippen molar-refractivity contribution in [2.24, 2.45) is 5.73 Å². The zero-order valence-electron chi connectivity index (χ0n) is 10.7. The molecule has 108 valence electrons. The van der Waals surface area contributed by atoms with E-state index < -0.39 is 10.0 Å². The molecule has 1 aromatic carbocycles. The van der Waals surface area contributed by atoms with E-state index >= 15 is 0 Å². The van der Waals surface area contributed by atoms with Crippen molar-refractivity contribution in [1.82, 2.24) is 10.2 Å². The molecule has 0 atom stereocenters. The predicted octanol–water partition coefficient (Wildman–Crippen LogP) is 0.985. The van der Waals surface area contributed by atoms with Crippen LogP contribution < -0.4 is 15.2 Å². The SMILES string of the molecule is Cc1nnc(NS(=O)(=O)c2ccc(OCCN)cc2)s1. The monoisotopic (exact) mass is 314 g/mol. The van der Waals surface area contributed by atoms with Crippen LogP contribution in [0.3, 0.4) is 0 Å². The van der Waals surface area contributed by atoms with Crippen molar-refractivity contribution >= 4 is 26.5 Å². The molecule has 20 heavy (non-hydrogen) atoms. The van der Waals surface area contributed by atoms with Crippen molar-refractivity contribution in [2.45, 2.75) is 11.8 Å². The first-order chi connectivity index (χ1) is 9.51. The summed E-state index contributed by atoms with van der Waals surface area (Å²) in [6, 6.07) is 6.08. The van der Waals surface area contributed by atoms with E-state index in [4.69, 9.17) is 10.5 Å². The number of sulfonamides is 1. The van der Waals surface area contributed by atoms with Crippen LogP contribution in [-0.2, 0) is 10.0 Å². The second-order valence-electron chi connectivity index (χ2n) is 3.84. The summed E-state index contributed by atoms with van der Waals surface area (Å²) in [6.45, 7) is 2.53. The molecule has 9 heteroatoms. The Kier molecular flexibility index (Phi) is 4.53. The fourth-order valence-electron chi connectivity index (χ4n) is 1.40. The molecular formula is C11H14N4O3S2. The van der Waals surface area contributed by atoms with Gasteiger partial charge in [0.05, 0.1) is 4.90 Å². The molecule has 0 unspecified atom stereocenters. The van der Waals surface area contributed by atoms with Crippen molar-refractivity contribution in [3.63, 3.8) is 0 Å². The van der Waals surface area contributed by atoms with Crippen LogP contribution >= 0.6 is 11.3 Å². The maximum atomic E-state index is 12.1. The Labute approximate surface area is 120 Å². The second kappa shape index (κ2) is 6.16. The maximum absolute atomic E-state index is 12.1. The van der Waals surface area contributed by atoms with Crippen LogP contribution in [0.1, 0.15) is 5.01 Å². The van der Waals surface area contributed by atoms with Crippen molar-refractivity contribution in [3.8, 4) is 5.75 Å². The van der Waals surface area contributed by atoms with E-state index in [1.54, 1.807) is 19.1 Å². The standard InChI is InChI=1S/C11H14N4O3S2/c1-8-13-14-11(19-8)15-20(16,17)10-4-2-9(3-5-10)18-7-6-12/h2-5H,6-7,12H2,1H3,(H,14,15). The van der Waals surface area contributed by atoms with E-state index in [9.17, 15) is 8.42 Å². The van der Waals surface area contributed by atoms with Crippen LogP contribution in [-0.4, -0.2) is 31.8 Å². The summed E-state index contributed by atoms with van der Waals surface area (Å²) in [5.41, 5.74) is 5.32. The van der Waals surface area contributed by atoms with Crippen LogP contribution in [0.5, 0.6) is 5.75 Å². The number of ether oxygens (including phenoxy) is 1. The fourth-order valence-corrected chi connectivity index (χ4v) is 3.23. The number of benzene rings is 1. The molecule has 0 amide bonds. The number of nitrogens with zero attached hydrogens (tertiary/aromatic N) is 2. The summed E-state index contributed by atoms with van der Waals surface area (Å²) in [4.78, 5) is 0.130. The molecule has 0 saturated carbocycles. The molecule has 2 aromatic rings. The number of anilines is 1. The first-order valence-electron chi connectivity index (χ1n) is 5.77. The van der Waals surface area contributed by atoms with E-state index in [2.05, 4.69) is 14.9 Å². The molecule has 0 saturated heterocycles. The van der Waals surface area contributed by atoms with Crippen molar-refractivity contribution in [1.29, 1.82) is 0 Å². The van der Waals surface area contributed by atoms with Crippen LogP contribution in [0.2, 0.25) is 0 Å². The minimum atomic E-state index is -3.66. The number of hydrogen-bond acceptors (Lipinski definition) is 7. The summed E-state index contributed by atoms with van der Waals surface area (Å²) in [5.74, 6) is 0.571. The molecule has 0 aliphatic rings. The Morgan fingerprint density at radius 2 is 2.00 bits per heavy atom. The van der Waals surface area contributed by atoms with Gasteiger partial charge in [-0.05, 0) is 31.2 Å². The predicted molar refractivity (Wildman–Crippen MR) is 76.4 cm³/mol. The van der Waals surface area contributed by atoms with Crippen LogP contribution in [0.15, 0.2) is 29.2 Å². The van der Waals surface area contributed by atoms with E-state index in [1.807, 2.05) is 0 Å². The van der Waals surface area contributed by atoms with Gasteiger partial charge >= 0.3 is 0 Å². The number of hydrogen-bond donors (Lipinski definition) is 2. The van der Waals surface area contributed by atoms with Crippen LogP contribution in [0, 0.1) is 6.92 Å². The van der Waals surface area contributed by atoms with Gasteiger partial charge in [-0.2, -0.15) is 0 Å². The summed E-state index contributed by atoms with van der Waals surface area (Å²) in [5, 5.41) is 8.41. The van der Waals surface area contributed by atoms with Gasteiger partial charge in [0.2, 0.25) is 5.13 Å². The Bertz CT molecular complexity index is 667. The molecule has 1 heterocycles. The summed E-state index contributed by atoms with van der Waals surface area (Å²) < 4.78 is 31.9. The highest BCUT2D eigenvalue weighted by molar-refractivity contribution is 7.93. The van der Waals surface area contributed by atoms with Crippen LogP contribution in [0.25, 0.3) is 0 Å². The van der Waals surface area contributed by atoms with E-state index in [-0.39, 0.29) is 10.0 Å². The topological polar surface area (TPSA) is 107 Å². The molecular weight excluding hydrogens is 300 g/mol.